The number of carbonyl (C=O) groups excluding carboxylic acids is 1. The van der Waals surface area contributed by atoms with E-state index in [0.717, 1.165) is 11.1 Å². The van der Waals surface area contributed by atoms with E-state index >= 15 is 0 Å². The van der Waals surface area contributed by atoms with E-state index in [0.29, 0.717) is 0 Å². The van der Waals surface area contributed by atoms with E-state index in [-0.39, 0.29) is 10.5 Å². The first kappa shape index (κ1) is 15.0. The van der Waals surface area contributed by atoms with Crippen LogP contribution in [0, 0.1) is 0 Å². The van der Waals surface area contributed by atoms with Crippen LogP contribution >= 0.6 is 0 Å². The van der Waals surface area contributed by atoms with Gasteiger partial charge >= 0.3 is 0 Å². The molecule has 2 rings (SSSR count). The first-order chi connectivity index (χ1) is 9.90. The van der Waals surface area contributed by atoms with Gasteiger partial charge in [0.1, 0.15) is 0 Å². The lowest BCUT2D eigenvalue weighted by Gasteiger charge is -2.07. The Morgan fingerprint density at radius 1 is 0.952 bits per heavy atom. The lowest BCUT2D eigenvalue weighted by molar-refractivity contribution is -0.115. The number of carbonyl (C=O) groups is 1. The highest BCUT2D eigenvalue weighted by molar-refractivity contribution is 7.90. The van der Waals surface area contributed by atoms with Crippen molar-refractivity contribution >= 4 is 15.9 Å². The van der Waals surface area contributed by atoms with Gasteiger partial charge in [0.2, 0.25) is 0 Å². The normalized spacial score (nSPS) is 10.9. The quantitative estimate of drug-likeness (QED) is 0.883. The Labute approximate surface area is 124 Å². The molecule has 0 saturated heterocycles. The molecule has 5 heteroatoms. The van der Waals surface area contributed by atoms with E-state index in [9.17, 15) is 13.2 Å². The van der Waals surface area contributed by atoms with Crippen LogP contribution in [0.4, 0.5) is 0 Å². The zero-order valence-corrected chi connectivity index (χ0v) is 12.4. The summed E-state index contributed by atoms with van der Waals surface area (Å²) in [6.07, 6.45) is 0. The molecule has 0 bridgehead atoms. The van der Waals surface area contributed by atoms with Crippen molar-refractivity contribution in [3.05, 3.63) is 66.7 Å². The lowest BCUT2D eigenvalue weighted by Crippen LogP contribution is -2.30. The summed E-state index contributed by atoms with van der Waals surface area (Å²) in [6, 6.07) is 15.9. The maximum Gasteiger partial charge on any atom is 0.264 e. The molecule has 2 aromatic rings. The number of amides is 1. The first-order valence-electron chi connectivity index (χ1n) is 6.28. The SMILES string of the molecule is C=C(C)C(=O)NS(=O)(=O)c1ccc(-c2ccccc2)cc1. The van der Waals surface area contributed by atoms with Gasteiger partial charge in [0, 0.05) is 5.57 Å². The summed E-state index contributed by atoms with van der Waals surface area (Å²) in [6.45, 7) is 4.86. The maximum absolute atomic E-state index is 12.0. The summed E-state index contributed by atoms with van der Waals surface area (Å²) >= 11 is 0. The minimum Gasteiger partial charge on any atom is -0.269 e. The van der Waals surface area contributed by atoms with Crippen LogP contribution in [0.25, 0.3) is 11.1 Å². The van der Waals surface area contributed by atoms with Crippen LogP contribution < -0.4 is 4.72 Å². The molecule has 0 aliphatic rings. The number of hydrogen-bond acceptors (Lipinski definition) is 3. The van der Waals surface area contributed by atoms with Crippen molar-refractivity contribution in [2.24, 2.45) is 0 Å². The van der Waals surface area contributed by atoms with Gasteiger partial charge in [-0.15, -0.1) is 0 Å². The molecule has 0 radical (unpaired) electrons. The molecule has 0 atom stereocenters. The number of benzene rings is 2. The first-order valence-corrected chi connectivity index (χ1v) is 7.76. The molecule has 2 aromatic carbocycles. The van der Waals surface area contributed by atoms with Gasteiger partial charge < -0.3 is 0 Å². The second-order valence-corrected chi connectivity index (χ2v) is 6.29. The molecule has 0 unspecified atom stereocenters. The summed E-state index contributed by atoms with van der Waals surface area (Å²) < 4.78 is 26.0. The van der Waals surface area contributed by atoms with Gasteiger partial charge in [0.25, 0.3) is 15.9 Å². The van der Waals surface area contributed by atoms with Crippen LogP contribution in [0.3, 0.4) is 0 Å². The van der Waals surface area contributed by atoms with Gasteiger partial charge in [0.15, 0.2) is 0 Å². The Morgan fingerprint density at radius 2 is 1.48 bits per heavy atom. The second-order valence-electron chi connectivity index (χ2n) is 4.61. The van der Waals surface area contributed by atoms with E-state index < -0.39 is 15.9 Å². The molecule has 0 aliphatic heterocycles. The fourth-order valence-electron chi connectivity index (χ4n) is 1.73. The lowest BCUT2D eigenvalue weighted by atomic mass is 10.1. The van der Waals surface area contributed by atoms with E-state index in [1.807, 2.05) is 35.1 Å². The smallest absolute Gasteiger partial charge is 0.264 e. The van der Waals surface area contributed by atoms with Crippen molar-refractivity contribution in [2.75, 3.05) is 0 Å². The number of hydrogen-bond donors (Lipinski definition) is 1. The van der Waals surface area contributed by atoms with Crippen LogP contribution in [-0.4, -0.2) is 14.3 Å². The minimum absolute atomic E-state index is 0.0387. The summed E-state index contributed by atoms with van der Waals surface area (Å²) in [5.74, 6) is -0.706. The number of rotatable bonds is 4. The average Bonchev–Trinajstić information content (AvgIpc) is 2.48. The Kier molecular flexibility index (Phi) is 4.23. The van der Waals surface area contributed by atoms with Crippen molar-refractivity contribution in [3.63, 3.8) is 0 Å². The third kappa shape index (κ3) is 3.58. The van der Waals surface area contributed by atoms with E-state index in [4.69, 9.17) is 0 Å². The molecule has 108 valence electrons. The molecule has 0 spiro atoms. The molecule has 0 heterocycles. The third-order valence-corrected chi connectivity index (χ3v) is 4.23. The summed E-state index contributed by atoms with van der Waals surface area (Å²) in [7, 11) is -3.86. The molecule has 1 amide bonds. The van der Waals surface area contributed by atoms with Crippen LogP contribution in [-0.2, 0) is 14.8 Å². The van der Waals surface area contributed by atoms with Crippen molar-refractivity contribution in [2.45, 2.75) is 11.8 Å². The molecule has 21 heavy (non-hydrogen) atoms. The van der Waals surface area contributed by atoms with Crippen molar-refractivity contribution in [1.82, 2.24) is 4.72 Å². The highest BCUT2D eigenvalue weighted by atomic mass is 32.2. The highest BCUT2D eigenvalue weighted by Gasteiger charge is 2.17. The van der Waals surface area contributed by atoms with Crippen LogP contribution in [0.5, 0.6) is 0 Å². The standard InChI is InChI=1S/C16H15NO3S/c1-12(2)16(18)17-21(19,20)15-10-8-14(9-11-15)13-6-4-3-5-7-13/h3-11H,1H2,2H3,(H,17,18). The molecule has 0 saturated carbocycles. The summed E-state index contributed by atoms with van der Waals surface area (Å²) in [5, 5.41) is 0. The van der Waals surface area contributed by atoms with Gasteiger partial charge in [-0.2, -0.15) is 0 Å². The fourth-order valence-corrected chi connectivity index (χ4v) is 2.76. The third-order valence-electron chi connectivity index (χ3n) is 2.89. The van der Waals surface area contributed by atoms with Gasteiger partial charge in [-0.3, -0.25) is 4.79 Å². The predicted octanol–water partition coefficient (Wildman–Crippen LogP) is 2.73. The number of nitrogens with one attached hydrogen (secondary N) is 1. The van der Waals surface area contributed by atoms with E-state index in [1.165, 1.54) is 19.1 Å². The van der Waals surface area contributed by atoms with E-state index in [2.05, 4.69) is 6.58 Å². The molecule has 0 aromatic heterocycles. The predicted molar refractivity (Wildman–Crippen MR) is 82.0 cm³/mol. The summed E-state index contributed by atoms with van der Waals surface area (Å²) in [5.41, 5.74) is 2.03. The number of sulfonamides is 1. The van der Waals surface area contributed by atoms with Gasteiger partial charge in [-0.1, -0.05) is 49.0 Å². The van der Waals surface area contributed by atoms with Gasteiger partial charge in [-0.05, 0) is 30.2 Å². The van der Waals surface area contributed by atoms with Gasteiger partial charge in [-0.25, -0.2) is 13.1 Å². The topological polar surface area (TPSA) is 63.2 Å². The fraction of sp³-hybridized carbons (Fsp3) is 0.0625. The van der Waals surface area contributed by atoms with Crippen LogP contribution in [0.15, 0.2) is 71.6 Å². The molecular weight excluding hydrogens is 286 g/mol. The minimum atomic E-state index is -3.86. The molecule has 0 fully saturated rings. The monoisotopic (exact) mass is 301 g/mol. The molecular formula is C16H15NO3S. The van der Waals surface area contributed by atoms with Crippen molar-refractivity contribution in [1.29, 1.82) is 0 Å². The van der Waals surface area contributed by atoms with Crippen molar-refractivity contribution in [3.8, 4) is 11.1 Å². The second kappa shape index (κ2) is 5.93. The Balaban J connectivity index is 2.27. The van der Waals surface area contributed by atoms with Crippen molar-refractivity contribution < 1.29 is 13.2 Å². The average molecular weight is 301 g/mol. The maximum atomic E-state index is 12.0. The van der Waals surface area contributed by atoms with Crippen LogP contribution in [0.2, 0.25) is 0 Å². The largest absolute Gasteiger partial charge is 0.269 e. The van der Waals surface area contributed by atoms with E-state index in [1.54, 1.807) is 12.1 Å². The molecule has 4 nitrogen and oxygen atoms in total. The zero-order chi connectivity index (χ0) is 15.5. The highest BCUT2D eigenvalue weighted by Crippen LogP contribution is 2.20. The Hall–Kier alpha value is -2.40. The summed E-state index contributed by atoms with van der Waals surface area (Å²) in [4.78, 5) is 11.5. The molecule has 1 N–H and O–H groups in total. The van der Waals surface area contributed by atoms with Crippen LogP contribution in [0.1, 0.15) is 6.92 Å². The molecule has 0 aliphatic carbocycles. The Morgan fingerprint density at radius 3 is 2.00 bits per heavy atom. The zero-order valence-electron chi connectivity index (χ0n) is 11.5. The Bertz CT molecular complexity index is 763. The van der Waals surface area contributed by atoms with Gasteiger partial charge in [0.05, 0.1) is 4.90 Å².